The Hall–Kier alpha value is -1.32. The standard InChI is InChI=1S/C12H19N3O/c1-2-10-8-11(15-14-10)13-12(16)7-9-5-3-4-6-9/h8-9H,2-7H2,1H3,(H2,13,14,15,16). The van der Waals surface area contributed by atoms with E-state index >= 15 is 0 Å². The molecule has 1 aliphatic rings. The maximum Gasteiger partial charge on any atom is 0.225 e. The summed E-state index contributed by atoms with van der Waals surface area (Å²) in [6, 6.07) is 1.90. The van der Waals surface area contributed by atoms with E-state index < -0.39 is 0 Å². The van der Waals surface area contributed by atoms with Crippen LogP contribution in [0, 0.1) is 5.92 Å². The highest BCUT2D eigenvalue weighted by Crippen LogP contribution is 2.27. The SMILES string of the molecule is CCc1cc(NC(=O)CC2CCCC2)n[nH]1. The Morgan fingerprint density at radius 3 is 2.94 bits per heavy atom. The van der Waals surface area contributed by atoms with Crippen molar-refractivity contribution in [3.8, 4) is 0 Å². The van der Waals surface area contributed by atoms with Crippen molar-refractivity contribution in [3.05, 3.63) is 11.8 Å². The van der Waals surface area contributed by atoms with E-state index in [1.165, 1.54) is 25.7 Å². The van der Waals surface area contributed by atoms with E-state index in [2.05, 4.69) is 22.4 Å². The van der Waals surface area contributed by atoms with Crippen LogP contribution in [0.5, 0.6) is 0 Å². The number of carbonyl (C=O) groups excluding carboxylic acids is 1. The lowest BCUT2D eigenvalue weighted by molar-refractivity contribution is -0.117. The second kappa shape index (κ2) is 5.14. The molecule has 1 fully saturated rings. The fourth-order valence-corrected chi connectivity index (χ4v) is 2.28. The first-order valence-corrected chi connectivity index (χ1v) is 6.12. The van der Waals surface area contributed by atoms with Gasteiger partial charge in [0.05, 0.1) is 0 Å². The minimum Gasteiger partial charge on any atom is -0.309 e. The summed E-state index contributed by atoms with van der Waals surface area (Å²) in [7, 11) is 0. The molecule has 88 valence electrons. The third-order valence-corrected chi connectivity index (χ3v) is 3.23. The Labute approximate surface area is 95.8 Å². The minimum absolute atomic E-state index is 0.0982. The number of hydrogen-bond donors (Lipinski definition) is 2. The quantitative estimate of drug-likeness (QED) is 0.820. The number of nitrogens with zero attached hydrogens (tertiary/aromatic N) is 1. The van der Waals surface area contributed by atoms with Crippen molar-refractivity contribution in [2.24, 2.45) is 5.92 Å². The van der Waals surface area contributed by atoms with Crippen molar-refractivity contribution in [1.82, 2.24) is 10.2 Å². The van der Waals surface area contributed by atoms with Gasteiger partial charge >= 0.3 is 0 Å². The molecule has 0 saturated heterocycles. The maximum atomic E-state index is 11.7. The number of aromatic nitrogens is 2. The van der Waals surface area contributed by atoms with Crippen molar-refractivity contribution in [3.63, 3.8) is 0 Å². The largest absolute Gasteiger partial charge is 0.309 e. The fourth-order valence-electron chi connectivity index (χ4n) is 2.28. The molecule has 0 unspecified atom stereocenters. The third kappa shape index (κ3) is 2.84. The zero-order valence-electron chi connectivity index (χ0n) is 9.75. The second-order valence-electron chi connectivity index (χ2n) is 4.53. The topological polar surface area (TPSA) is 57.8 Å². The molecule has 1 amide bonds. The van der Waals surface area contributed by atoms with Gasteiger partial charge in [0.1, 0.15) is 0 Å². The Kier molecular flexibility index (Phi) is 3.59. The van der Waals surface area contributed by atoms with Crippen molar-refractivity contribution < 1.29 is 4.79 Å². The number of rotatable bonds is 4. The summed E-state index contributed by atoms with van der Waals surface area (Å²) >= 11 is 0. The van der Waals surface area contributed by atoms with Crippen LogP contribution in [0.3, 0.4) is 0 Å². The van der Waals surface area contributed by atoms with Gasteiger partial charge in [-0.15, -0.1) is 0 Å². The summed E-state index contributed by atoms with van der Waals surface area (Å²) in [4.78, 5) is 11.7. The molecule has 2 N–H and O–H groups in total. The third-order valence-electron chi connectivity index (χ3n) is 3.23. The van der Waals surface area contributed by atoms with E-state index in [0.29, 0.717) is 18.2 Å². The molecule has 1 aromatic rings. The minimum atomic E-state index is 0.0982. The average Bonchev–Trinajstić information content (AvgIpc) is 2.89. The van der Waals surface area contributed by atoms with Crippen molar-refractivity contribution in [2.75, 3.05) is 5.32 Å². The first-order valence-electron chi connectivity index (χ1n) is 6.12. The van der Waals surface area contributed by atoms with E-state index in [0.717, 1.165) is 12.1 Å². The molecule has 1 aliphatic carbocycles. The van der Waals surface area contributed by atoms with Crippen LogP contribution in [-0.2, 0) is 11.2 Å². The Bertz CT molecular complexity index is 353. The molecule has 0 spiro atoms. The summed E-state index contributed by atoms with van der Waals surface area (Å²) < 4.78 is 0. The van der Waals surface area contributed by atoms with Crippen LogP contribution in [0.4, 0.5) is 5.82 Å². The lowest BCUT2D eigenvalue weighted by Crippen LogP contribution is -2.15. The highest BCUT2D eigenvalue weighted by atomic mass is 16.1. The van der Waals surface area contributed by atoms with Crippen molar-refractivity contribution in [1.29, 1.82) is 0 Å². The summed E-state index contributed by atoms with van der Waals surface area (Å²) in [5, 5.41) is 9.78. The van der Waals surface area contributed by atoms with Crippen LogP contribution < -0.4 is 5.32 Å². The molecule has 16 heavy (non-hydrogen) atoms. The first kappa shape index (κ1) is 11.2. The number of carbonyl (C=O) groups is 1. The van der Waals surface area contributed by atoms with Gasteiger partial charge in [-0.05, 0) is 25.2 Å². The average molecular weight is 221 g/mol. The maximum absolute atomic E-state index is 11.7. The molecule has 0 radical (unpaired) electrons. The summed E-state index contributed by atoms with van der Waals surface area (Å²) in [6.45, 7) is 2.05. The van der Waals surface area contributed by atoms with E-state index in [9.17, 15) is 4.79 Å². The molecule has 0 aromatic carbocycles. The van der Waals surface area contributed by atoms with Gasteiger partial charge in [0.25, 0.3) is 0 Å². The van der Waals surface area contributed by atoms with Gasteiger partial charge in [-0.3, -0.25) is 9.89 Å². The number of hydrogen-bond acceptors (Lipinski definition) is 2. The predicted molar refractivity (Wildman–Crippen MR) is 63.2 cm³/mol. The van der Waals surface area contributed by atoms with Crippen LogP contribution in [0.1, 0.15) is 44.7 Å². The number of H-pyrrole nitrogens is 1. The van der Waals surface area contributed by atoms with Crippen LogP contribution in [0.25, 0.3) is 0 Å². The molecule has 1 saturated carbocycles. The highest BCUT2D eigenvalue weighted by Gasteiger charge is 2.18. The van der Waals surface area contributed by atoms with E-state index in [4.69, 9.17) is 0 Å². The number of anilines is 1. The molecule has 0 aliphatic heterocycles. The summed E-state index contributed by atoms with van der Waals surface area (Å²) in [5.74, 6) is 1.34. The molecule has 4 nitrogen and oxygen atoms in total. The predicted octanol–water partition coefficient (Wildman–Crippen LogP) is 2.49. The van der Waals surface area contributed by atoms with Crippen LogP contribution in [0.2, 0.25) is 0 Å². The molecular weight excluding hydrogens is 202 g/mol. The number of amides is 1. The highest BCUT2D eigenvalue weighted by molar-refractivity contribution is 5.89. The number of aryl methyl sites for hydroxylation is 1. The Morgan fingerprint density at radius 2 is 2.31 bits per heavy atom. The number of aromatic amines is 1. The van der Waals surface area contributed by atoms with Gasteiger partial charge in [-0.2, -0.15) is 5.10 Å². The number of nitrogens with one attached hydrogen (secondary N) is 2. The molecular formula is C12H19N3O. The van der Waals surface area contributed by atoms with Crippen LogP contribution in [-0.4, -0.2) is 16.1 Å². The molecule has 2 rings (SSSR count). The monoisotopic (exact) mass is 221 g/mol. The Morgan fingerprint density at radius 1 is 1.56 bits per heavy atom. The zero-order valence-corrected chi connectivity index (χ0v) is 9.75. The van der Waals surface area contributed by atoms with Crippen LogP contribution in [0.15, 0.2) is 6.07 Å². The summed E-state index contributed by atoms with van der Waals surface area (Å²) in [6.07, 6.45) is 6.52. The van der Waals surface area contributed by atoms with Gasteiger partial charge < -0.3 is 5.32 Å². The van der Waals surface area contributed by atoms with Crippen molar-refractivity contribution >= 4 is 11.7 Å². The van der Waals surface area contributed by atoms with E-state index in [-0.39, 0.29) is 5.91 Å². The Balaban J connectivity index is 1.81. The molecule has 0 bridgehead atoms. The molecule has 0 atom stereocenters. The smallest absolute Gasteiger partial charge is 0.225 e. The molecule has 4 heteroatoms. The molecule has 1 heterocycles. The lowest BCUT2D eigenvalue weighted by Gasteiger charge is -2.07. The van der Waals surface area contributed by atoms with Gasteiger partial charge in [0.2, 0.25) is 5.91 Å². The van der Waals surface area contributed by atoms with Gasteiger partial charge in [-0.25, -0.2) is 0 Å². The van der Waals surface area contributed by atoms with Gasteiger partial charge in [0.15, 0.2) is 5.82 Å². The van der Waals surface area contributed by atoms with Gasteiger partial charge in [0, 0.05) is 18.2 Å². The lowest BCUT2D eigenvalue weighted by atomic mass is 10.0. The normalized spacial score (nSPS) is 16.6. The van der Waals surface area contributed by atoms with E-state index in [1.54, 1.807) is 0 Å². The zero-order chi connectivity index (χ0) is 11.4. The molecule has 1 aromatic heterocycles. The fraction of sp³-hybridized carbons (Fsp3) is 0.667. The second-order valence-corrected chi connectivity index (χ2v) is 4.53. The van der Waals surface area contributed by atoms with Gasteiger partial charge in [-0.1, -0.05) is 19.8 Å². The van der Waals surface area contributed by atoms with E-state index in [1.807, 2.05) is 6.07 Å². The van der Waals surface area contributed by atoms with Crippen molar-refractivity contribution in [2.45, 2.75) is 45.4 Å². The van der Waals surface area contributed by atoms with Crippen LogP contribution >= 0.6 is 0 Å². The first-order chi connectivity index (χ1) is 7.78. The summed E-state index contributed by atoms with van der Waals surface area (Å²) in [5.41, 5.74) is 1.05.